The highest BCUT2D eigenvalue weighted by atomic mass is 35.5. The quantitative estimate of drug-likeness (QED) is 0.781. The molecule has 1 aliphatic rings. The van der Waals surface area contributed by atoms with Gasteiger partial charge in [0, 0.05) is 13.1 Å². The number of fused-ring (bicyclic) bond motifs is 1. The summed E-state index contributed by atoms with van der Waals surface area (Å²) in [5, 5.41) is 2.47. The smallest absolute Gasteiger partial charge is 0.242 e. The maximum absolute atomic E-state index is 12.0. The molecule has 7 nitrogen and oxygen atoms in total. The van der Waals surface area contributed by atoms with Gasteiger partial charge in [-0.1, -0.05) is 6.07 Å². The van der Waals surface area contributed by atoms with Crippen LogP contribution >= 0.6 is 12.4 Å². The molecule has 0 aliphatic carbocycles. The summed E-state index contributed by atoms with van der Waals surface area (Å²) in [5.41, 5.74) is 6.12. The van der Waals surface area contributed by atoms with Crippen molar-refractivity contribution < 1.29 is 19.1 Å². The molecule has 1 aromatic rings. The van der Waals surface area contributed by atoms with Gasteiger partial charge in [-0.3, -0.25) is 9.59 Å². The second-order valence-electron chi connectivity index (χ2n) is 4.58. The number of nitrogens with one attached hydrogen (secondary N) is 1. The highest BCUT2D eigenvalue weighted by Crippen LogP contribution is 2.32. The zero-order chi connectivity index (χ0) is 15.2. The average Bonchev–Trinajstić information content (AvgIpc) is 2.97. The molecule has 1 aliphatic heterocycles. The molecule has 0 radical (unpaired) electrons. The molecule has 0 saturated heterocycles. The summed E-state index contributed by atoms with van der Waals surface area (Å²) >= 11 is 0. The summed E-state index contributed by atoms with van der Waals surface area (Å²) < 4.78 is 10.6. The first-order valence-electron chi connectivity index (χ1n) is 6.77. The summed E-state index contributed by atoms with van der Waals surface area (Å²) in [6.07, 6.45) is 0. The first-order valence-corrected chi connectivity index (χ1v) is 6.77. The molecule has 1 heterocycles. The molecule has 0 unspecified atom stereocenters. The lowest BCUT2D eigenvalue weighted by molar-refractivity contribution is -0.132. The van der Waals surface area contributed by atoms with E-state index in [9.17, 15) is 9.59 Å². The molecule has 1 aromatic carbocycles. The Morgan fingerprint density at radius 1 is 1.32 bits per heavy atom. The zero-order valence-electron chi connectivity index (χ0n) is 12.3. The third kappa shape index (κ3) is 4.51. The van der Waals surface area contributed by atoms with Gasteiger partial charge >= 0.3 is 0 Å². The second-order valence-corrected chi connectivity index (χ2v) is 4.58. The third-order valence-electron chi connectivity index (χ3n) is 3.17. The fourth-order valence-electron chi connectivity index (χ4n) is 1.99. The normalized spacial score (nSPS) is 11.5. The van der Waals surface area contributed by atoms with Crippen LogP contribution in [0.25, 0.3) is 0 Å². The van der Waals surface area contributed by atoms with Gasteiger partial charge in [0.2, 0.25) is 18.6 Å². The van der Waals surface area contributed by atoms with E-state index < -0.39 is 0 Å². The van der Waals surface area contributed by atoms with Gasteiger partial charge < -0.3 is 25.4 Å². The Kier molecular flexibility index (Phi) is 6.94. The number of ether oxygens (including phenoxy) is 2. The van der Waals surface area contributed by atoms with Crippen LogP contribution in [0.2, 0.25) is 0 Å². The summed E-state index contributed by atoms with van der Waals surface area (Å²) in [4.78, 5) is 24.8. The van der Waals surface area contributed by atoms with Gasteiger partial charge in [0.15, 0.2) is 11.5 Å². The number of carbonyl (C=O) groups excluding carboxylic acids is 2. The van der Waals surface area contributed by atoms with Crippen molar-refractivity contribution in [2.45, 2.75) is 13.5 Å². The lowest BCUT2D eigenvalue weighted by Gasteiger charge is -2.21. The Morgan fingerprint density at radius 3 is 2.73 bits per heavy atom. The van der Waals surface area contributed by atoms with Crippen LogP contribution in [0.5, 0.6) is 11.5 Å². The minimum Gasteiger partial charge on any atom is -0.454 e. The lowest BCUT2D eigenvalue weighted by Crippen LogP contribution is -2.41. The fourth-order valence-corrected chi connectivity index (χ4v) is 1.99. The first kappa shape index (κ1) is 18.1. The number of hydrogen-bond donors (Lipinski definition) is 2. The second kappa shape index (κ2) is 8.45. The number of nitrogens with two attached hydrogens (primary N) is 1. The Balaban J connectivity index is 0.00000242. The van der Waals surface area contributed by atoms with E-state index in [-0.39, 0.29) is 44.1 Å². The molecule has 3 N–H and O–H groups in total. The Morgan fingerprint density at radius 2 is 2.05 bits per heavy atom. The zero-order valence-corrected chi connectivity index (χ0v) is 13.1. The molecule has 2 rings (SSSR count). The summed E-state index contributed by atoms with van der Waals surface area (Å²) in [6.45, 7) is 2.93. The number of nitrogens with zero attached hydrogens (tertiary/aromatic N) is 1. The molecule has 8 heteroatoms. The van der Waals surface area contributed by atoms with Gasteiger partial charge in [-0.25, -0.2) is 0 Å². The van der Waals surface area contributed by atoms with Crippen LogP contribution < -0.4 is 20.5 Å². The van der Waals surface area contributed by atoms with E-state index in [2.05, 4.69) is 5.32 Å². The van der Waals surface area contributed by atoms with E-state index in [0.717, 1.165) is 5.56 Å². The maximum Gasteiger partial charge on any atom is 0.242 e. The molecule has 2 amide bonds. The van der Waals surface area contributed by atoms with Crippen molar-refractivity contribution in [3.63, 3.8) is 0 Å². The van der Waals surface area contributed by atoms with Crippen LogP contribution in [-0.2, 0) is 16.1 Å². The van der Waals surface area contributed by atoms with Crippen molar-refractivity contribution >= 4 is 24.2 Å². The minimum atomic E-state index is -0.345. The first-order chi connectivity index (χ1) is 10.1. The summed E-state index contributed by atoms with van der Waals surface area (Å²) in [7, 11) is 0. The van der Waals surface area contributed by atoms with Gasteiger partial charge in [0.25, 0.3) is 0 Å². The monoisotopic (exact) mass is 329 g/mol. The van der Waals surface area contributed by atoms with E-state index in [0.29, 0.717) is 24.6 Å². The van der Waals surface area contributed by atoms with Gasteiger partial charge in [0.1, 0.15) is 0 Å². The van der Waals surface area contributed by atoms with Crippen molar-refractivity contribution in [1.29, 1.82) is 0 Å². The molecule has 0 saturated carbocycles. The Bertz CT molecular complexity index is 539. The van der Waals surface area contributed by atoms with Crippen LogP contribution in [0.1, 0.15) is 12.5 Å². The summed E-state index contributed by atoms with van der Waals surface area (Å²) in [5.74, 6) is 0.898. The SMILES string of the molecule is CCN(Cc1ccc2c(c1)OCO2)C(=O)CNC(=O)CN.Cl. The molecule has 0 aromatic heterocycles. The van der Waals surface area contributed by atoms with Crippen molar-refractivity contribution in [3.8, 4) is 11.5 Å². The molecule has 0 fully saturated rings. The molecule has 0 spiro atoms. The van der Waals surface area contributed by atoms with Crippen LogP contribution in [0.15, 0.2) is 18.2 Å². The van der Waals surface area contributed by atoms with Crippen LogP contribution in [0.4, 0.5) is 0 Å². The van der Waals surface area contributed by atoms with E-state index in [1.54, 1.807) is 4.90 Å². The van der Waals surface area contributed by atoms with Gasteiger partial charge in [-0.15, -0.1) is 12.4 Å². The number of hydrogen-bond acceptors (Lipinski definition) is 5. The molecular weight excluding hydrogens is 310 g/mol. The van der Waals surface area contributed by atoms with Crippen LogP contribution in [0, 0.1) is 0 Å². The van der Waals surface area contributed by atoms with Crippen LogP contribution in [0.3, 0.4) is 0 Å². The van der Waals surface area contributed by atoms with Crippen molar-refractivity contribution in [2.24, 2.45) is 5.73 Å². The molecular formula is C14H20ClN3O4. The fraction of sp³-hybridized carbons (Fsp3) is 0.429. The van der Waals surface area contributed by atoms with E-state index in [1.807, 2.05) is 25.1 Å². The topological polar surface area (TPSA) is 93.9 Å². The summed E-state index contributed by atoms with van der Waals surface area (Å²) in [6, 6.07) is 5.57. The third-order valence-corrected chi connectivity index (χ3v) is 3.17. The highest BCUT2D eigenvalue weighted by molar-refractivity contribution is 5.85. The van der Waals surface area contributed by atoms with Crippen molar-refractivity contribution in [1.82, 2.24) is 10.2 Å². The van der Waals surface area contributed by atoms with Gasteiger partial charge in [-0.05, 0) is 24.6 Å². The Labute approximate surface area is 135 Å². The largest absolute Gasteiger partial charge is 0.454 e. The standard InChI is InChI=1S/C14H19N3O4.ClH/c1-2-17(14(19)7-16-13(18)6-15)8-10-3-4-11-12(5-10)21-9-20-11;/h3-5H,2,6-9,15H2,1H3,(H,16,18);1H. The predicted molar refractivity (Wildman–Crippen MR) is 83.0 cm³/mol. The average molecular weight is 330 g/mol. The van der Waals surface area contributed by atoms with Gasteiger partial charge in [0.05, 0.1) is 13.1 Å². The molecule has 0 bridgehead atoms. The highest BCUT2D eigenvalue weighted by Gasteiger charge is 2.16. The number of likely N-dealkylation sites (N-methyl/N-ethyl adjacent to an activating group) is 1. The van der Waals surface area contributed by atoms with E-state index in [4.69, 9.17) is 15.2 Å². The number of carbonyl (C=O) groups is 2. The van der Waals surface area contributed by atoms with E-state index >= 15 is 0 Å². The molecule has 22 heavy (non-hydrogen) atoms. The number of halogens is 1. The number of benzene rings is 1. The Hall–Kier alpha value is -1.99. The van der Waals surface area contributed by atoms with E-state index in [1.165, 1.54) is 0 Å². The number of rotatable bonds is 6. The number of amides is 2. The maximum atomic E-state index is 12.0. The van der Waals surface area contributed by atoms with Crippen molar-refractivity contribution in [3.05, 3.63) is 23.8 Å². The van der Waals surface area contributed by atoms with Crippen molar-refractivity contribution in [2.75, 3.05) is 26.4 Å². The predicted octanol–water partition coefficient (Wildman–Crippen LogP) is 0.261. The molecule has 122 valence electrons. The lowest BCUT2D eigenvalue weighted by atomic mass is 10.2. The minimum absolute atomic E-state index is 0. The molecule has 0 atom stereocenters. The van der Waals surface area contributed by atoms with Gasteiger partial charge in [-0.2, -0.15) is 0 Å². The van der Waals surface area contributed by atoms with Crippen LogP contribution in [-0.4, -0.2) is 43.1 Å².